The maximum atomic E-state index is 11.2. The van der Waals surface area contributed by atoms with E-state index in [1.807, 2.05) is 19.1 Å². The summed E-state index contributed by atoms with van der Waals surface area (Å²) in [6, 6.07) is 13.7. The molecule has 2 aromatic rings. The lowest BCUT2D eigenvalue weighted by molar-refractivity contribution is 0.0711. The number of pyridine rings is 1. The van der Waals surface area contributed by atoms with E-state index < -0.39 is 6.09 Å². The van der Waals surface area contributed by atoms with E-state index in [2.05, 4.69) is 28.1 Å². The molecule has 1 atom stereocenters. The summed E-state index contributed by atoms with van der Waals surface area (Å²) < 4.78 is 0. The van der Waals surface area contributed by atoms with Crippen molar-refractivity contribution in [3.8, 4) is 17.3 Å². The Hall–Kier alpha value is -2.91. The zero-order chi connectivity index (χ0) is 17.8. The Labute approximate surface area is 146 Å². The van der Waals surface area contributed by atoms with Crippen LogP contribution < -0.4 is 0 Å². The van der Waals surface area contributed by atoms with E-state index in [4.69, 9.17) is 10.4 Å². The van der Waals surface area contributed by atoms with Crippen LogP contribution >= 0.6 is 0 Å². The largest absolute Gasteiger partial charge is 0.465 e. The highest BCUT2D eigenvalue weighted by Gasteiger charge is 2.26. The van der Waals surface area contributed by atoms with Crippen LogP contribution in [0, 0.1) is 11.3 Å². The van der Waals surface area contributed by atoms with Crippen LogP contribution in [0.15, 0.2) is 42.6 Å². The minimum atomic E-state index is -0.849. The van der Waals surface area contributed by atoms with Crippen molar-refractivity contribution in [3.63, 3.8) is 0 Å². The zero-order valence-corrected chi connectivity index (χ0v) is 14.1. The fraction of sp³-hybridized carbons (Fsp3) is 0.316. The van der Waals surface area contributed by atoms with Gasteiger partial charge in [0.1, 0.15) is 0 Å². The number of carboxylic acid groups (broad SMARTS) is 1. The Morgan fingerprint density at radius 1 is 1.36 bits per heavy atom. The third-order valence-corrected chi connectivity index (χ3v) is 4.48. The van der Waals surface area contributed by atoms with Gasteiger partial charge in [0.15, 0.2) is 0 Å². The average molecular weight is 336 g/mol. The van der Waals surface area contributed by atoms with Crippen LogP contribution in [0.2, 0.25) is 0 Å². The van der Waals surface area contributed by atoms with Gasteiger partial charge in [-0.1, -0.05) is 18.2 Å². The maximum Gasteiger partial charge on any atom is 0.407 e. The SMILES string of the molecule is C[C@H]1CN(Cc2cccc(-c3cc(C#N)ccn3)c2)CCN1C(=O)O. The molecular formula is C19H20N4O2. The van der Waals surface area contributed by atoms with Crippen LogP contribution in [0.3, 0.4) is 0 Å². The molecule has 0 unspecified atom stereocenters. The topological polar surface area (TPSA) is 80.5 Å². The molecule has 6 heteroatoms. The maximum absolute atomic E-state index is 11.2. The average Bonchev–Trinajstić information content (AvgIpc) is 2.62. The molecule has 1 amide bonds. The smallest absolute Gasteiger partial charge is 0.407 e. The van der Waals surface area contributed by atoms with Crippen LogP contribution in [-0.4, -0.2) is 51.7 Å². The lowest BCUT2D eigenvalue weighted by atomic mass is 10.1. The molecule has 1 aromatic heterocycles. The van der Waals surface area contributed by atoms with Crippen LogP contribution in [0.25, 0.3) is 11.3 Å². The molecule has 0 bridgehead atoms. The second kappa shape index (κ2) is 7.32. The summed E-state index contributed by atoms with van der Waals surface area (Å²) in [4.78, 5) is 19.3. The van der Waals surface area contributed by atoms with E-state index in [1.54, 1.807) is 18.3 Å². The van der Waals surface area contributed by atoms with Gasteiger partial charge in [0.25, 0.3) is 0 Å². The van der Waals surface area contributed by atoms with E-state index in [-0.39, 0.29) is 6.04 Å². The van der Waals surface area contributed by atoms with E-state index in [1.165, 1.54) is 4.90 Å². The van der Waals surface area contributed by atoms with Crippen molar-refractivity contribution in [3.05, 3.63) is 53.7 Å². The third kappa shape index (κ3) is 3.95. The van der Waals surface area contributed by atoms with Gasteiger partial charge in [0.2, 0.25) is 0 Å². The van der Waals surface area contributed by atoms with E-state index in [0.717, 1.165) is 36.5 Å². The third-order valence-electron chi connectivity index (χ3n) is 4.48. The summed E-state index contributed by atoms with van der Waals surface area (Å²) >= 11 is 0. The van der Waals surface area contributed by atoms with Gasteiger partial charge in [-0.15, -0.1) is 0 Å². The Balaban J connectivity index is 1.72. The molecule has 25 heavy (non-hydrogen) atoms. The van der Waals surface area contributed by atoms with Crippen molar-refractivity contribution in [2.45, 2.75) is 19.5 Å². The number of amides is 1. The van der Waals surface area contributed by atoms with Crippen LogP contribution in [0.5, 0.6) is 0 Å². The van der Waals surface area contributed by atoms with E-state index >= 15 is 0 Å². The van der Waals surface area contributed by atoms with Crippen molar-refractivity contribution in [1.82, 2.24) is 14.8 Å². The molecule has 0 radical (unpaired) electrons. The van der Waals surface area contributed by atoms with Crippen LogP contribution in [-0.2, 0) is 6.54 Å². The molecule has 1 aliphatic rings. The lowest BCUT2D eigenvalue weighted by Gasteiger charge is -2.38. The number of hydrogen-bond acceptors (Lipinski definition) is 4. The Kier molecular flexibility index (Phi) is 4.96. The Bertz CT molecular complexity index is 815. The van der Waals surface area contributed by atoms with Crippen LogP contribution in [0.1, 0.15) is 18.1 Å². The van der Waals surface area contributed by atoms with Gasteiger partial charge in [0.05, 0.1) is 17.3 Å². The molecule has 2 heterocycles. The fourth-order valence-electron chi connectivity index (χ4n) is 3.21. The quantitative estimate of drug-likeness (QED) is 0.932. The number of rotatable bonds is 3. The summed E-state index contributed by atoms with van der Waals surface area (Å²) in [7, 11) is 0. The number of carbonyl (C=O) groups is 1. The first-order valence-electron chi connectivity index (χ1n) is 8.24. The first-order chi connectivity index (χ1) is 12.1. The first-order valence-corrected chi connectivity index (χ1v) is 8.24. The number of nitrogens with zero attached hydrogens (tertiary/aromatic N) is 4. The molecule has 0 spiro atoms. The highest BCUT2D eigenvalue weighted by Crippen LogP contribution is 2.21. The number of hydrogen-bond donors (Lipinski definition) is 1. The molecule has 128 valence electrons. The molecular weight excluding hydrogens is 316 g/mol. The normalized spacial score (nSPS) is 17.9. The minimum absolute atomic E-state index is 0.0107. The number of benzene rings is 1. The lowest BCUT2D eigenvalue weighted by Crippen LogP contribution is -2.53. The molecule has 0 saturated carbocycles. The van der Waals surface area contributed by atoms with E-state index in [9.17, 15) is 4.79 Å². The molecule has 3 rings (SSSR count). The summed E-state index contributed by atoms with van der Waals surface area (Å²) in [5, 5.41) is 18.2. The van der Waals surface area contributed by atoms with Gasteiger partial charge in [-0.05, 0) is 30.7 Å². The number of nitriles is 1. The molecule has 6 nitrogen and oxygen atoms in total. The Morgan fingerprint density at radius 2 is 2.20 bits per heavy atom. The van der Waals surface area contributed by atoms with E-state index in [0.29, 0.717) is 12.1 Å². The molecule has 1 aliphatic heterocycles. The minimum Gasteiger partial charge on any atom is -0.465 e. The zero-order valence-electron chi connectivity index (χ0n) is 14.1. The number of aromatic nitrogens is 1. The first kappa shape index (κ1) is 16.9. The molecule has 1 aromatic carbocycles. The second-order valence-corrected chi connectivity index (χ2v) is 6.30. The molecule has 0 aliphatic carbocycles. The van der Waals surface area contributed by atoms with Crippen molar-refractivity contribution in [2.24, 2.45) is 0 Å². The summed E-state index contributed by atoms with van der Waals surface area (Å²) in [6.45, 7) is 4.68. The van der Waals surface area contributed by atoms with Crippen molar-refractivity contribution in [1.29, 1.82) is 5.26 Å². The predicted molar refractivity (Wildman–Crippen MR) is 93.9 cm³/mol. The molecule has 1 saturated heterocycles. The second-order valence-electron chi connectivity index (χ2n) is 6.30. The highest BCUT2D eigenvalue weighted by molar-refractivity contribution is 5.65. The van der Waals surface area contributed by atoms with Crippen molar-refractivity contribution < 1.29 is 9.90 Å². The van der Waals surface area contributed by atoms with Crippen LogP contribution in [0.4, 0.5) is 4.79 Å². The van der Waals surface area contributed by atoms with Gasteiger partial charge < -0.3 is 10.0 Å². The standard InChI is InChI=1S/C19H20N4O2/c1-14-12-22(7-8-23(14)19(24)25)13-16-3-2-4-17(9-16)18-10-15(11-20)5-6-21-18/h2-6,9-10,14H,7-8,12-13H2,1H3,(H,24,25)/t14-/m0/s1. The predicted octanol–water partition coefficient (Wildman–Crippen LogP) is 2.80. The monoisotopic (exact) mass is 336 g/mol. The van der Waals surface area contributed by atoms with Gasteiger partial charge in [-0.3, -0.25) is 9.88 Å². The van der Waals surface area contributed by atoms with Gasteiger partial charge in [0, 0.05) is 44.0 Å². The Morgan fingerprint density at radius 3 is 2.92 bits per heavy atom. The van der Waals surface area contributed by atoms with Gasteiger partial charge >= 0.3 is 6.09 Å². The summed E-state index contributed by atoms with van der Waals surface area (Å²) in [6.07, 6.45) is 0.797. The molecule has 1 N–H and O–H groups in total. The van der Waals surface area contributed by atoms with Gasteiger partial charge in [-0.25, -0.2) is 4.79 Å². The van der Waals surface area contributed by atoms with Gasteiger partial charge in [-0.2, -0.15) is 5.26 Å². The van der Waals surface area contributed by atoms with Crippen molar-refractivity contribution in [2.75, 3.05) is 19.6 Å². The number of piperazine rings is 1. The van der Waals surface area contributed by atoms with Crippen molar-refractivity contribution >= 4 is 6.09 Å². The highest BCUT2D eigenvalue weighted by atomic mass is 16.4. The summed E-state index contributed by atoms with van der Waals surface area (Å²) in [5.74, 6) is 0. The summed E-state index contributed by atoms with van der Waals surface area (Å²) in [5.41, 5.74) is 3.50. The molecule has 1 fully saturated rings. The fourth-order valence-corrected chi connectivity index (χ4v) is 3.21.